The number of rotatable bonds is 8. The number of pyridine rings is 1. The monoisotopic (exact) mass is 816 g/mol. The first kappa shape index (κ1) is 38.5. The molecule has 60 heavy (non-hydrogen) atoms. The predicted octanol–water partition coefficient (Wildman–Crippen LogP) is 0.697. The zero-order valence-electron chi connectivity index (χ0n) is 33.7. The molecule has 0 aliphatic carbocycles. The molecule has 21 heteroatoms. The molecule has 310 valence electrons. The molecule has 6 aromatic rings. The second-order valence-electron chi connectivity index (χ2n) is 15.5. The van der Waals surface area contributed by atoms with E-state index in [0.717, 1.165) is 32.7 Å². The van der Waals surface area contributed by atoms with Crippen LogP contribution < -0.4 is 37.3 Å². The number of nitrogens with one attached hydrogen (secondary N) is 4. The number of carbonyl (C=O) groups excluding carboxylic acids is 4. The van der Waals surface area contributed by atoms with E-state index in [1.54, 1.807) is 44.5 Å². The minimum Gasteiger partial charge on any atom is -0.382 e. The van der Waals surface area contributed by atoms with Gasteiger partial charge in [-0.2, -0.15) is 9.67 Å². The van der Waals surface area contributed by atoms with Crippen molar-refractivity contribution >= 4 is 63.4 Å². The van der Waals surface area contributed by atoms with Gasteiger partial charge in [0.2, 0.25) is 23.7 Å². The summed E-state index contributed by atoms with van der Waals surface area (Å²) in [7, 11) is 0. The largest absolute Gasteiger partial charge is 0.382 e. The van der Waals surface area contributed by atoms with Crippen LogP contribution >= 0.6 is 0 Å². The summed E-state index contributed by atoms with van der Waals surface area (Å²) in [5, 5.41) is 22.3. The van der Waals surface area contributed by atoms with E-state index in [9.17, 15) is 19.2 Å². The molecular formula is C39H46N17O4+. The summed E-state index contributed by atoms with van der Waals surface area (Å²) in [4.78, 5) is 70.4. The molecule has 3 aliphatic heterocycles. The van der Waals surface area contributed by atoms with E-state index in [1.807, 2.05) is 30.6 Å². The Morgan fingerprint density at radius 2 is 1.53 bits per heavy atom. The highest BCUT2D eigenvalue weighted by atomic mass is 16.2. The van der Waals surface area contributed by atoms with Gasteiger partial charge in [0.1, 0.15) is 12.1 Å². The van der Waals surface area contributed by atoms with Crippen LogP contribution in [0.5, 0.6) is 0 Å². The van der Waals surface area contributed by atoms with Gasteiger partial charge in [0.25, 0.3) is 11.7 Å². The van der Waals surface area contributed by atoms with Crippen LogP contribution in [0.1, 0.15) is 67.2 Å². The third-order valence-corrected chi connectivity index (χ3v) is 11.4. The number of aryl methyl sites for hydroxylation is 4. The summed E-state index contributed by atoms with van der Waals surface area (Å²) in [5.41, 5.74) is 15.7. The molecule has 0 unspecified atom stereocenters. The third-order valence-electron chi connectivity index (χ3n) is 11.4. The molecule has 2 saturated heterocycles. The molecule has 0 radical (unpaired) electrons. The van der Waals surface area contributed by atoms with Gasteiger partial charge in [-0.3, -0.25) is 39.1 Å². The third kappa shape index (κ3) is 6.41. The van der Waals surface area contributed by atoms with Crippen molar-refractivity contribution in [2.45, 2.75) is 53.9 Å². The van der Waals surface area contributed by atoms with Gasteiger partial charge in [-0.1, -0.05) is 12.2 Å². The summed E-state index contributed by atoms with van der Waals surface area (Å²) < 4.78 is 8.33. The van der Waals surface area contributed by atoms with Crippen LogP contribution in [0, 0.1) is 19.3 Å². The highest BCUT2D eigenvalue weighted by molar-refractivity contribution is 6.07. The first-order valence-corrected chi connectivity index (χ1v) is 19.9. The van der Waals surface area contributed by atoms with Crippen molar-refractivity contribution in [1.82, 2.24) is 53.9 Å². The number of aromatic nitrogens is 10. The lowest BCUT2D eigenvalue weighted by Gasteiger charge is -2.56. The molecule has 5 aromatic heterocycles. The van der Waals surface area contributed by atoms with Crippen molar-refractivity contribution in [2.75, 3.05) is 55.2 Å². The summed E-state index contributed by atoms with van der Waals surface area (Å²) in [5.74, 6) is -1.44. The topological polar surface area (TPSA) is 260 Å². The first-order valence-electron chi connectivity index (χ1n) is 19.9. The Balaban J connectivity index is 1.20. The van der Waals surface area contributed by atoms with Gasteiger partial charge in [-0.25, -0.2) is 15.0 Å². The molecule has 4 amide bonds. The number of allylic oxidation sites excluding steroid dienone is 2. The number of likely N-dealkylation sites (tertiary alicyclic amines) is 1. The van der Waals surface area contributed by atoms with Gasteiger partial charge in [0.05, 0.1) is 28.0 Å². The lowest BCUT2D eigenvalue weighted by molar-refractivity contribution is -0.606. The van der Waals surface area contributed by atoms with E-state index in [1.165, 1.54) is 12.3 Å². The molecule has 1 aromatic carbocycles. The number of benzene rings is 1. The van der Waals surface area contributed by atoms with Crippen molar-refractivity contribution in [1.29, 1.82) is 0 Å². The van der Waals surface area contributed by atoms with E-state index in [2.05, 4.69) is 41.2 Å². The zero-order chi connectivity index (χ0) is 42.0. The molecule has 8 heterocycles. The fourth-order valence-corrected chi connectivity index (χ4v) is 8.56. The Hall–Kier alpha value is -7.00. The van der Waals surface area contributed by atoms with Crippen LogP contribution in [0.4, 0.5) is 17.6 Å². The summed E-state index contributed by atoms with van der Waals surface area (Å²) >= 11 is 0. The lowest BCUT2D eigenvalue weighted by atomic mass is 9.74. The summed E-state index contributed by atoms with van der Waals surface area (Å²) in [6.07, 6.45) is 5.14. The van der Waals surface area contributed by atoms with E-state index >= 15 is 0 Å². The molecule has 9 rings (SSSR count). The number of nitrogens with two attached hydrogens (primary N) is 2. The summed E-state index contributed by atoms with van der Waals surface area (Å²) in [6, 6.07) is 4.86. The smallest absolute Gasteiger partial charge is 0.331 e. The fourth-order valence-electron chi connectivity index (χ4n) is 8.56. The highest BCUT2D eigenvalue weighted by Crippen LogP contribution is 2.34. The molecule has 3 aliphatic rings. The molecular weight excluding hydrogens is 771 g/mol. The average Bonchev–Trinajstić information content (AvgIpc) is 3.91. The highest BCUT2D eigenvalue weighted by Gasteiger charge is 2.47. The second kappa shape index (κ2) is 14.7. The van der Waals surface area contributed by atoms with Gasteiger partial charge < -0.3 is 31.6 Å². The van der Waals surface area contributed by atoms with Crippen LogP contribution in [-0.2, 0) is 26.2 Å². The molecule has 0 atom stereocenters. The number of carbonyl (C=O) groups is 4. The number of anilines is 3. The zero-order valence-corrected chi connectivity index (χ0v) is 33.7. The Kier molecular flexibility index (Phi) is 9.42. The SMILES string of the molecule is CCn1nc(C)c2c1C(=O)Nc1nc3cc(C(N)=O)cc(NCCN4CC5(CNC5)C4)c3n1C/C=C/Cn1c(nc3cc(C(N)=O)cnc31)NC(=O)c1n(CC)nc(C)[n+]1-2. The van der Waals surface area contributed by atoms with Crippen molar-refractivity contribution in [3.05, 3.63) is 70.7 Å². The Bertz CT molecular complexity index is 2790. The van der Waals surface area contributed by atoms with Crippen molar-refractivity contribution in [3.8, 4) is 5.69 Å². The van der Waals surface area contributed by atoms with Gasteiger partial charge in [-0.15, -0.1) is 4.68 Å². The molecule has 8 N–H and O–H groups in total. The normalized spacial score (nSPS) is 16.9. The van der Waals surface area contributed by atoms with E-state index < -0.39 is 23.6 Å². The van der Waals surface area contributed by atoms with Crippen molar-refractivity contribution in [2.24, 2.45) is 16.9 Å². The van der Waals surface area contributed by atoms with Gasteiger partial charge >= 0.3 is 11.7 Å². The van der Waals surface area contributed by atoms with Crippen LogP contribution in [0.15, 0.2) is 36.5 Å². The predicted molar refractivity (Wildman–Crippen MR) is 220 cm³/mol. The van der Waals surface area contributed by atoms with Gasteiger partial charge in [0.15, 0.2) is 17.0 Å². The fraction of sp³-hybridized carbons (Fsp3) is 0.385. The van der Waals surface area contributed by atoms with E-state index in [0.29, 0.717) is 70.1 Å². The molecule has 2 fully saturated rings. The number of amides is 4. The van der Waals surface area contributed by atoms with Crippen LogP contribution in [-0.4, -0.2) is 111 Å². The number of fused-ring (bicyclic) bond motifs is 9. The number of primary amides is 2. The number of imidazole rings is 2. The maximum absolute atomic E-state index is 14.7. The van der Waals surface area contributed by atoms with Crippen molar-refractivity contribution < 1.29 is 23.7 Å². The van der Waals surface area contributed by atoms with Gasteiger partial charge in [0, 0.05) is 88.1 Å². The lowest BCUT2D eigenvalue weighted by Crippen LogP contribution is -2.71. The quantitative estimate of drug-likeness (QED) is 0.0917. The van der Waals surface area contributed by atoms with Gasteiger partial charge in [-0.05, 0) is 39.0 Å². The molecule has 21 nitrogen and oxygen atoms in total. The number of nitrogens with zero attached hydrogens (tertiary/aromatic N) is 11. The van der Waals surface area contributed by atoms with Crippen molar-refractivity contribution in [3.63, 3.8) is 0 Å². The Labute approximate surface area is 342 Å². The Morgan fingerprint density at radius 1 is 0.867 bits per heavy atom. The molecule has 0 bridgehead atoms. The standard InChI is InChI=1S/C39H45N17O4/c1-5-54-30-28(21(3)49-54)56-22(4)50-55(6-2)36(56)35(60)48-38-46-27-15-24(32(41)58)16-44-33(27)53(38)11-8-7-10-52-29-25(43-9-12-51-19-39(20-51)17-42-18-39)13-23(31(40)57)14-26(29)45-37(52)47-34(30)59/h7-8,13-16,42-43H,5-6,9-12,17-20H2,1-4H3,(H5-,40,41,45,46,47,48,57,58,59,60)/p+1/b8-7+. The Morgan fingerprint density at radius 3 is 2.22 bits per heavy atom. The maximum Gasteiger partial charge on any atom is 0.331 e. The van der Waals surface area contributed by atoms with Crippen LogP contribution in [0.3, 0.4) is 0 Å². The minimum absolute atomic E-state index is 0.120. The first-order chi connectivity index (χ1) is 28.9. The minimum atomic E-state index is -0.666. The summed E-state index contributed by atoms with van der Waals surface area (Å²) in [6.45, 7) is 13.9. The molecule has 0 saturated carbocycles. The number of hydrogen-bond acceptors (Lipinski definition) is 12. The van der Waals surface area contributed by atoms with E-state index in [4.69, 9.17) is 21.5 Å². The molecule has 1 spiro atoms. The maximum atomic E-state index is 14.7. The van der Waals surface area contributed by atoms with Crippen LogP contribution in [0.2, 0.25) is 0 Å². The average molecular weight is 817 g/mol. The van der Waals surface area contributed by atoms with Crippen LogP contribution in [0.25, 0.3) is 27.9 Å². The van der Waals surface area contributed by atoms with E-state index in [-0.39, 0.29) is 47.6 Å². The second-order valence-corrected chi connectivity index (χ2v) is 15.5. The number of hydrogen-bond donors (Lipinski definition) is 6.